The summed E-state index contributed by atoms with van der Waals surface area (Å²) in [5.41, 5.74) is 4.44. The number of nitrogens with one attached hydrogen (secondary N) is 2. The smallest absolute Gasteiger partial charge is 0.213 e. The summed E-state index contributed by atoms with van der Waals surface area (Å²) < 4.78 is 5.07. The van der Waals surface area contributed by atoms with Crippen molar-refractivity contribution in [2.75, 3.05) is 12.4 Å². The number of ether oxygens (including phenoxy) is 1. The third-order valence-electron chi connectivity index (χ3n) is 2.60. The highest BCUT2D eigenvalue weighted by Gasteiger charge is 1.99. The van der Waals surface area contributed by atoms with Crippen LogP contribution in [-0.4, -0.2) is 18.1 Å². The van der Waals surface area contributed by atoms with E-state index in [0.29, 0.717) is 18.4 Å². The summed E-state index contributed by atoms with van der Waals surface area (Å²) in [5, 5.41) is 3.09. The van der Waals surface area contributed by atoms with E-state index in [4.69, 9.17) is 10.6 Å². The molecule has 0 aliphatic carbocycles. The molecule has 104 valence electrons. The van der Waals surface area contributed by atoms with Crippen LogP contribution in [0, 0.1) is 0 Å². The van der Waals surface area contributed by atoms with Gasteiger partial charge in [0.2, 0.25) is 11.8 Å². The zero-order valence-corrected chi connectivity index (χ0v) is 11.2. The van der Waals surface area contributed by atoms with Gasteiger partial charge >= 0.3 is 0 Å². The van der Waals surface area contributed by atoms with E-state index in [-0.39, 0.29) is 0 Å². The molecule has 1 aromatic carbocycles. The van der Waals surface area contributed by atoms with Gasteiger partial charge in [-0.15, -0.1) is 0 Å². The number of nitrogens with zero attached hydrogens (tertiary/aromatic N) is 2. The standard InChI is InChI=1S/C14H17N5O/c1-20-13-9-11(7-8-16-13)10-17-14(19-15)18-12-5-3-2-4-6-12/h2-9H,10,15H2,1H3,(H2,17,18,19). The Morgan fingerprint density at radius 3 is 2.80 bits per heavy atom. The number of aromatic nitrogens is 1. The fourth-order valence-electron chi connectivity index (χ4n) is 1.61. The Kier molecular flexibility index (Phi) is 4.91. The Labute approximate surface area is 117 Å². The van der Waals surface area contributed by atoms with Gasteiger partial charge < -0.3 is 10.1 Å². The van der Waals surface area contributed by atoms with Crippen molar-refractivity contribution in [3.8, 4) is 5.88 Å². The largest absolute Gasteiger partial charge is 0.481 e. The predicted molar refractivity (Wildman–Crippen MR) is 79.3 cm³/mol. The topological polar surface area (TPSA) is 84.6 Å². The molecule has 0 unspecified atom stereocenters. The van der Waals surface area contributed by atoms with Crippen molar-refractivity contribution in [2.45, 2.75) is 6.54 Å². The highest BCUT2D eigenvalue weighted by molar-refractivity contribution is 5.93. The van der Waals surface area contributed by atoms with Crippen LogP contribution in [-0.2, 0) is 6.54 Å². The molecule has 0 aliphatic heterocycles. The van der Waals surface area contributed by atoms with Crippen LogP contribution in [0.5, 0.6) is 5.88 Å². The molecule has 2 rings (SSSR count). The first kappa shape index (κ1) is 13.8. The maximum Gasteiger partial charge on any atom is 0.213 e. The van der Waals surface area contributed by atoms with Crippen molar-refractivity contribution >= 4 is 11.6 Å². The second kappa shape index (κ2) is 7.10. The molecule has 6 heteroatoms. The van der Waals surface area contributed by atoms with Gasteiger partial charge in [0, 0.05) is 18.0 Å². The molecule has 0 amide bonds. The summed E-state index contributed by atoms with van der Waals surface area (Å²) in [6.45, 7) is 0.470. The number of hydrogen-bond acceptors (Lipinski definition) is 4. The number of pyridine rings is 1. The van der Waals surface area contributed by atoms with Crippen LogP contribution < -0.4 is 21.3 Å². The second-order valence-corrected chi connectivity index (χ2v) is 4.01. The first-order valence-corrected chi connectivity index (χ1v) is 6.14. The first-order chi connectivity index (χ1) is 9.81. The Hall–Kier alpha value is -2.60. The predicted octanol–water partition coefficient (Wildman–Crippen LogP) is 1.52. The van der Waals surface area contributed by atoms with Crippen molar-refractivity contribution in [3.05, 3.63) is 54.2 Å². The lowest BCUT2D eigenvalue weighted by atomic mass is 10.3. The van der Waals surface area contributed by atoms with Crippen LogP contribution in [0.2, 0.25) is 0 Å². The van der Waals surface area contributed by atoms with Crippen molar-refractivity contribution in [1.29, 1.82) is 0 Å². The lowest BCUT2D eigenvalue weighted by molar-refractivity contribution is 0.397. The fraction of sp³-hybridized carbons (Fsp3) is 0.143. The maximum atomic E-state index is 5.46. The van der Waals surface area contributed by atoms with Crippen molar-refractivity contribution in [3.63, 3.8) is 0 Å². The highest BCUT2D eigenvalue weighted by atomic mass is 16.5. The van der Waals surface area contributed by atoms with E-state index in [9.17, 15) is 0 Å². The zero-order chi connectivity index (χ0) is 14.2. The molecule has 0 atom stereocenters. The minimum atomic E-state index is 0.470. The van der Waals surface area contributed by atoms with Crippen molar-refractivity contribution in [2.24, 2.45) is 10.8 Å². The van der Waals surface area contributed by atoms with Crippen LogP contribution in [0.1, 0.15) is 5.56 Å². The van der Waals surface area contributed by atoms with Gasteiger partial charge in [0.25, 0.3) is 0 Å². The summed E-state index contributed by atoms with van der Waals surface area (Å²) >= 11 is 0. The van der Waals surface area contributed by atoms with E-state index in [1.54, 1.807) is 13.3 Å². The highest BCUT2D eigenvalue weighted by Crippen LogP contribution is 2.10. The molecule has 0 aliphatic rings. The molecule has 6 nitrogen and oxygen atoms in total. The Morgan fingerprint density at radius 2 is 2.10 bits per heavy atom. The van der Waals surface area contributed by atoms with Crippen LogP contribution >= 0.6 is 0 Å². The normalized spacial score (nSPS) is 11.0. The van der Waals surface area contributed by atoms with Gasteiger partial charge in [-0.3, -0.25) is 5.43 Å². The molecule has 0 saturated heterocycles. The molecule has 0 fully saturated rings. The molecule has 1 heterocycles. The van der Waals surface area contributed by atoms with Crippen LogP contribution in [0.3, 0.4) is 0 Å². The third-order valence-corrected chi connectivity index (χ3v) is 2.60. The number of nitrogens with two attached hydrogens (primary N) is 1. The molecule has 0 radical (unpaired) electrons. The van der Waals surface area contributed by atoms with Gasteiger partial charge in [-0.1, -0.05) is 18.2 Å². The van der Waals surface area contributed by atoms with Crippen molar-refractivity contribution < 1.29 is 4.74 Å². The van der Waals surface area contributed by atoms with E-state index in [2.05, 4.69) is 20.7 Å². The third kappa shape index (κ3) is 3.96. The average molecular weight is 271 g/mol. The summed E-state index contributed by atoms with van der Waals surface area (Å²) in [5.74, 6) is 6.52. The molecule has 0 bridgehead atoms. The van der Waals surface area contributed by atoms with Crippen LogP contribution in [0.15, 0.2) is 53.7 Å². The SMILES string of the molecule is COc1cc(CN=C(NN)Nc2ccccc2)ccn1. The Balaban J connectivity index is 2.03. The number of rotatable bonds is 4. The van der Waals surface area contributed by atoms with E-state index < -0.39 is 0 Å². The minimum absolute atomic E-state index is 0.470. The van der Waals surface area contributed by atoms with Gasteiger partial charge in [-0.25, -0.2) is 15.8 Å². The molecule has 0 saturated carbocycles. The van der Waals surface area contributed by atoms with E-state index >= 15 is 0 Å². The summed E-state index contributed by atoms with van der Waals surface area (Å²) in [4.78, 5) is 8.42. The molecule has 4 N–H and O–H groups in total. The minimum Gasteiger partial charge on any atom is -0.481 e. The second-order valence-electron chi connectivity index (χ2n) is 4.01. The van der Waals surface area contributed by atoms with Crippen LogP contribution in [0.4, 0.5) is 5.69 Å². The lowest BCUT2D eigenvalue weighted by Gasteiger charge is -2.09. The monoisotopic (exact) mass is 271 g/mol. The Morgan fingerprint density at radius 1 is 1.30 bits per heavy atom. The zero-order valence-electron chi connectivity index (χ0n) is 11.2. The molecule has 20 heavy (non-hydrogen) atoms. The quantitative estimate of drug-likeness (QED) is 0.340. The van der Waals surface area contributed by atoms with E-state index in [1.165, 1.54) is 0 Å². The van der Waals surface area contributed by atoms with E-state index in [0.717, 1.165) is 11.3 Å². The molecular weight excluding hydrogens is 254 g/mol. The van der Waals surface area contributed by atoms with Crippen molar-refractivity contribution in [1.82, 2.24) is 10.4 Å². The fourth-order valence-corrected chi connectivity index (χ4v) is 1.61. The van der Waals surface area contributed by atoms with Gasteiger partial charge in [0.1, 0.15) is 0 Å². The van der Waals surface area contributed by atoms with Gasteiger partial charge in [-0.05, 0) is 23.8 Å². The Bertz CT molecular complexity index is 571. The summed E-state index contributed by atoms with van der Waals surface area (Å²) in [6.07, 6.45) is 1.68. The number of benzene rings is 1. The number of methoxy groups -OCH3 is 1. The number of hydrazine groups is 1. The first-order valence-electron chi connectivity index (χ1n) is 6.14. The maximum absolute atomic E-state index is 5.46. The number of anilines is 1. The molecule has 2 aromatic rings. The molecule has 0 spiro atoms. The molecular formula is C14H17N5O. The number of aliphatic imine (C=N–C) groups is 1. The summed E-state index contributed by atoms with van der Waals surface area (Å²) in [6, 6.07) is 13.4. The number of para-hydroxylation sites is 1. The van der Waals surface area contributed by atoms with Gasteiger partial charge in [0.05, 0.1) is 13.7 Å². The lowest BCUT2D eigenvalue weighted by Crippen LogP contribution is -2.36. The number of guanidine groups is 1. The van der Waals surface area contributed by atoms with E-state index in [1.807, 2.05) is 42.5 Å². The van der Waals surface area contributed by atoms with Crippen LogP contribution in [0.25, 0.3) is 0 Å². The van der Waals surface area contributed by atoms with Gasteiger partial charge in [0.15, 0.2) is 0 Å². The summed E-state index contributed by atoms with van der Waals surface area (Å²) in [7, 11) is 1.58. The average Bonchev–Trinajstić information content (AvgIpc) is 2.52. The number of hydrogen-bond donors (Lipinski definition) is 3. The van der Waals surface area contributed by atoms with Gasteiger partial charge in [-0.2, -0.15) is 0 Å². The molecule has 1 aromatic heterocycles.